The Kier molecular flexibility index (Phi) is 3.41. The van der Waals surface area contributed by atoms with E-state index in [1.165, 1.54) is 0 Å². The van der Waals surface area contributed by atoms with E-state index < -0.39 is 0 Å². The van der Waals surface area contributed by atoms with Gasteiger partial charge in [0.25, 0.3) is 0 Å². The summed E-state index contributed by atoms with van der Waals surface area (Å²) < 4.78 is 0.937. The average Bonchev–Trinajstić information content (AvgIpc) is 2.06. The molecule has 0 saturated carbocycles. The molecular formula is C8H9N2Te. The molecule has 0 unspecified atom stereocenters. The van der Waals surface area contributed by atoms with E-state index in [1.807, 2.05) is 52.6 Å². The van der Waals surface area contributed by atoms with Gasteiger partial charge in [-0.1, -0.05) is 0 Å². The van der Waals surface area contributed by atoms with E-state index in [0.29, 0.717) is 0 Å². The number of rotatable bonds is 1. The first kappa shape index (κ1) is 8.58. The fourth-order valence-corrected chi connectivity index (χ4v) is 1.04. The zero-order valence-corrected chi connectivity index (χ0v) is 8.57. The molecule has 3 heteroatoms. The first-order valence-electron chi connectivity index (χ1n) is 3.29. The maximum absolute atomic E-state index is 3.99. The van der Waals surface area contributed by atoms with Crippen LogP contribution >= 0.6 is 0 Å². The Morgan fingerprint density at radius 2 is 2.00 bits per heavy atom. The summed E-state index contributed by atoms with van der Waals surface area (Å²) in [5, 5.41) is 3.15. The van der Waals surface area contributed by atoms with Crippen LogP contribution in [0.3, 0.4) is 0 Å². The van der Waals surface area contributed by atoms with Crippen molar-refractivity contribution in [2.24, 2.45) is 4.99 Å². The van der Waals surface area contributed by atoms with Crippen molar-refractivity contribution in [3.63, 3.8) is 0 Å². The SMILES string of the molecule is CN=C([Te])Nc1ccccc1. The Balaban J connectivity index is 2.65. The van der Waals surface area contributed by atoms with Crippen molar-refractivity contribution < 1.29 is 0 Å². The normalized spacial score (nSPS) is 11.2. The number of aliphatic imine (C=N–C) groups is 1. The van der Waals surface area contributed by atoms with Gasteiger partial charge in [-0.15, -0.1) is 0 Å². The van der Waals surface area contributed by atoms with E-state index in [0.717, 1.165) is 9.57 Å². The second kappa shape index (κ2) is 4.38. The van der Waals surface area contributed by atoms with E-state index in [1.54, 1.807) is 7.05 Å². The number of hydrogen-bond acceptors (Lipinski definition) is 1. The number of para-hydroxylation sites is 1. The molecule has 11 heavy (non-hydrogen) atoms. The molecule has 0 aliphatic carbocycles. The summed E-state index contributed by atoms with van der Waals surface area (Å²) in [6.07, 6.45) is 0. The summed E-state index contributed by atoms with van der Waals surface area (Å²) >= 11 is 1.87. The third-order valence-corrected chi connectivity index (χ3v) is 2.04. The van der Waals surface area contributed by atoms with Crippen LogP contribution in [0.4, 0.5) is 5.69 Å². The molecule has 0 fully saturated rings. The molecule has 1 radical (unpaired) electrons. The van der Waals surface area contributed by atoms with Crippen LogP contribution in [-0.2, 0) is 0 Å². The van der Waals surface area contributed by atoms with Gasteiger partial charge in [0.15, 0.2) is 0 Å². The van der Waals surface area contributed by atoms with E-state index in [9.17, 15) is 0 Å². The van der Waals surface area contributed by atoms with Crippen LogP contribution in [0.15, 0.2) is 35.3 Å². The van der Waals surface area contributed by atoms with Crippen molar-refractivity contribution >= 4 is 31.9 Å². The second-order valence-electron chi connectivity index (χ2n) is 2.02. The number of nitrogens with zero attached hydrogens (tertiary/aromatic N) is 1. The molecule has 0 amide bonds. The summed E-state index contributed by atoms with van der Waals surface area (Å²) in [5.74, 6) is 0. The fourth-order valence-electron chi connectivity index (χ4n) is 0.701. The molecule has 1 N–H and O–H groups in total. The molecule has 1 aromatic rings. The van der Waals surface area contributed by atoms with Gasteiger partial charge in [0.2, 0.25) is 0 Å². The van der Waals surface area contributed by atoms with E-state index in [-0.39, 0.29) is 0 Å². The fraction of sp³-hybridized carbons (Fsp3) is 0.125. The molecule has 0 atom stereocenters. The summed E-state index contributed by atoms with van der Waals surface area (Å²) in [5.41, 5.74) is 1.08. The topological polar surface area (TPSA) is 24.4 Å². The number of anilines is 1. The van der Waals surface area contributed by atoms with Crippen molar-refractivity contribution in [3.8, 4) is 0 Å². The van der Waals surface area contributed by atoms with E-state index in [2.05, 4.69) is 10.3 Å². The Morgan fingerprint density at radius 1 is 1.36 bits per heavy atom. The van der Waals surface area contributed by atoms with E-state index >= 15 is 0 Å². The molecule has 0 aromatic heterocycles. The molecule has 0 spiro atoms. The Bertz CT molecular complexity index is 244. The summed E-state index contributed by atoms with van der Waals surface area (Å²) in [6, 6.07) is 10.00. The van der Waals surface area contributed by atoms with Gasteiger partial charge in [-0.3, -0.25) is 0 Å². The maximum atomic E-state index is 3.99. The Morgan fingerprint density at radius 3 is 2.55 bits per heavy atom. The zero-order valence-electron chi connectivity index (χ0n) is 6.24. The third kappa shape index (κ3) is 2.92. The van der Waals surface area contributed by atoms with Crippen LogP contribution in [0.5, 0.6) is 0 Å². The van der Waals surface area contributed by atoms with Crippen molar-refractivity contribution in [2.75, 3.05) is 12.4 Å². The summed E-state index contributed by atoms with van der Waals surface area (Å²) in [6.45, 7) is 0. The van der Waals surface area contributed by atoms with Crippen molar-refractivity contribution in [1.82, 2.24) is 0 Å². The first-order chi connectivity index (χ1) is 5.33. The third-order valence-electron chi connectivity index (χ3n) is 1.23. The number of hydrogen-bond donors (Lipinski definition) is 1. The Labute approximate surface area is 79.6 Å². The zero-order chi connectivity index (χ0) is 8.10. The van der Waals surface area contributed by atoms with Gasteiger partial charge in [0.1, 0.15) is 0 Å². The van der Waals surface area contributed by atoms with Gasteiger partial charge in [-0.25, -0.2) is 0 Å². The first-order valence-corrected chi connectivity index (χ1v) is 4.45. The van der Waals surface area contributed by atoms with Crippen LogP contribution in [0.2, 0.25) is 0 Å². The quantitative estimate of drug-likeness (QED) is 0.459. The molecular weight excluding hydrogens is 252 g/mol. The molecule has 57 valence electrons. The van der Waals surface area contributed by atoms with Crippen LogP contribution in [0.25, 0.3) is 0 Å². The molecule has 0 bridgehead atoms. The van der Waals surface area contributed by atoms with Crippen molar-refractivity contribution in [1.29, 1.82) is 0 Å². The number of benzene rings is 1. The van der Waals surface area contributed by atoms with Crippen LogP contribution < -0.4 is 5.32 Å². The van der Waals surface area contributed by atoms with Crippen molar-refractivity contribution in [2.45, 2.75) is 0 Å². The predicted octanol–water partition coefficient (Wildman–Crippen LogP) is 1.25. The molecule has 1 aromatic carbocycles. The van der Waals surface area contributed by atoms with Gasteiger partial charge in [-0.05, 0) is 0 Å². The van der Waals surface area contributed by atoms with Gasteiger partial charge in [0.05, 0.1) is 0 Å². The number of nitrogens with one attached hydrogen (secondary N) is 1. The Hall–Kier alpha value is -0.520. The van der Waals surface area contributed by atoms with Crippen LogP contribution in [0, 0.1) is 0 Å². The van der Waals surface area contributed by atoms with Gasteiger partial charge in [-0.2, -0.15) is 0 Å². The second-order valence-corrected chi connectivity index (χ2v) is 3.12. The average molecular weight is 261 g/mol. The molecule has 2 nitrogen and oxygen atoms in total. The molecule has 0 heterocycles. The van der Waals surface area contributed by atoms with Crippen molar-refractivity contribution in [3.05, 3.63) is 30.3 Å². The standard InChI is InChI=1S/C8H9N2Te/c1-9-8(11)10-7-5-3-2-4-6-7/h2-6H,1H3,(H,9,10). The van der Waals surface area contributed by atoms with Crippen LogP contribution in [0.1, 0.15) is 0 Å². The monoisotopic (exact) mass is 263 g/mol. The number of amidine groups is 1. The predicted molar refractivity (Wildman–Crippen MR) is 49.2 cm³/mol. The minimum absolute atomic E-state index is 0.937. The van der Waals surface area contributed by atoms with E-state index in [4.69, 9.17) is 0 Å². The van der Waals surface area contributed by atoms with Gasteiger partial charge in [0, 0.05) is 0 Å². The molecule has 1 rings (SSSR count). The molecule has 0 aliphatic rings. The minimum atomic E-state index is 0.937. The molecule has 0 aliphatic heterocycles. The summed E-state index contributed by atoms with van der Waals surface area (Å²) in [4.78, 5) is 3.99. The summed E-state index contributed by atoms with van der Waals surface area (Å²) in [7, 11) is 1.77. The van der Waals surface area contributed by atoms with Crippen LogP contribution in [-0.4, -0.2) is 33.2 Å². The molecule has 0 saturated heterocycles. The van der Waals surface area contributed by atoms with Gasteiger partial charge < -0.3 is 0 Å². The van der Waals surface area contributed by atoms with Gasteiger partial charge >= 0.3 is 79.6 Å².